The van der Waals surface area contributed by atoms with Gasteiger partial charge in [-0.3, -0.25) is 5.32 Å². The third-order valence-electron chi connectivity index (χ3n) is 1.44. The Morgan fingerprint density at radius 3 is 2.60 bits per heavy atom. The molecule has 0 spiro atoms. The minimum atomic E-state index is -0.490. The number of likely N-dealkylation sites (N-methyl/N-ethyl adjacent to an activating group) is 1. The van der Waals surface area contributed by atoms with Crippen LogP contribution >= 0.6 is 0 Å². The van der Waals surface area contributed by atoms with Crippen molar-refractivity contribution >= 4 is 0 Å². The zero-order valence-corrected chi connectivity index (χ0v) is 6.81. The average molecular weight is 138 g/mol. The Kier molecular flexibility index (Phi) is 3.75. The zero-order valence-electron chi connectivity index (χ0n) is 6.81. The first kappa shape index (κ1) is 9.19. The Labute approximate surface area is 62.5 Å². The van der Waals surface area contributed by atoms with Gasteiger partial charge < -0.3 is 0 Å². The van der Waals surface area contributed by atoms with Crippen molar-refractivity contribution in [3.8, 4) is 6.07 Å². The summed E-state index contributed by atoms with van der Waals surface area (Å²) in [5.41, 5.74) is -0.490. The molecule has 1 N–H and O–H groups in total. The van der Waals surface area contributed by atoms with E-state index in [4.69, 9.17) is 5.26 Å². The van der Waals surface area contributed by atoms with Crippen molar-refractivity contribution in [1.82, 2.24) is 5.32 Å². The topological polar surface area (TPSA) is 35.8 Å². The summed E-state index contributed by atoms with van der Waals surface area (Å²) in [7, 11) is 1.78. The summed E-state index contributed by atoms with van der Waals surface area (Å²) in [6.07, 6.45) is 4.84. The van der Waals surface area contributed by atoms with Gasteiger partial charge in [0.05, 0.1) is 6.07 Å². The molecule has 0 fully saturated rings. The van der Waals surface area contributed by atoms with Crippen LogP contribution in [0.15, 0.2) is 12.2 Å². The number of nitriles is 1. The Morgan fingerprint density at radius 2 is 2.30 bits per heavy atom. The molecule has 0 aliphatic carbocycles. The molecule has 2 nitrogen and oxygen atoms in total. The number of nitrogens with one attached hydrogen (secondary N) is 1. The van der Waals surface area contributed by atoms with Crippen LogP contribution in [-0.2, 0) is 0 Å². The lowest BCUT2D eigenvalue weighted by atomic mass is 10.0. The maximum absolute atomic E-state index is 8.65. The highest BCUT2D eigenvalue weighted by Gasteiger charge is 2.14. The van der Waals surface area contributed by atoms with Gasteiger partial charge in [-0.1, -0.05) is 19.1 Å². The quantitative estimate of drug-likeness (QED) is 0.599. The molecule has 0 rings (SSSR count). The molecule has 2 heteroatoms. The van der Waals surface area contributed by atoms with Gasteiger partial charge in [0.1, 0.15) is 5.54 Å². The molecule has 1 unspecified atom stereocenters. The molecule has 0 heterocycles. The van der Waals surface area contributed by atoms with Crippen molar-refractivity contribution in [2.75, 3.05) is 7.05 Å². The molecule has 0 aliphatic heterocycles. The van der Waals surface area contributed by atoms with Crippen molar-refractivity contribution in [2.45, 2.75) is 25.8 Å². The Hall–Kier alpha value is -0.810. The molecule has 0 amide bonds. The molecular formula is C8H14N2. The Morgan fingerprint density at radius 1 is 1.70 bits per heavy atom. The van der Waals surface area contributed by atoms with Gasteiger partial charge in [0.2, 0.25) is 0 Å². The predicted molar refractivity (Wildman–Crippen MR) is 42.5 cm³/mol. The third kappa shape index (κ3) is 2.65. The van der Waals surface area contributed by atoms with E-state index in [1.807, 2.05) is 26.0 Å². The summed E-state index contributed by atoms with van der Waals surface area (Å²) >= 11 is 0. The third-order valence-corrected chi connectivity index (χ3v) is 1.44. The van der Waals surface area contributed by atoms with Crippen LogP contribution in [0.4, 0.5) is 0 Å². The summed E-state index contributed by atoms with van der Waals surface area (Å²) in [5.74, 6) is 0. The van der Waals surface area contributed by atoms with Crippen LogP contribution in [0.1, 0.15) is 20.3 Å². The first-order valence-electron chi connectivity index (χ1n) is 3.46. The molecule has 0 aromatic rings. The smallest absolute Gasteiger partial charge is 0.122 e. The highest BCUT2D eigenvalue weighted by Crippen LogP contribution is 2.02. The van der Waals surface area contributed by atoms with Crippen molar-refractivity contribution in [2.24, 2.45) is 0 Å². The largest absolute Gasteiger partial charge is 0.299 e. The lowest BCUT2D eigenvalue weighted by molar-refractivity contribution is 0.600. The molecule has 0 aromatic heterocycles. The molecule has 0 bridgehead atoms. The monoisotopic (exact) mass is 138 g/mol. The zero-order chi connectivity index (χ0) is 8.04. The van der Waals surface area contributed by atoms with Crippen molar-refractivity contribution in [3.63, 3.8) is 0 Å². The highest BCUT2D eigenvalue weighted by atomic mass is 14.9. The van der Waals surface area contributed by atoms with Crippen molar-refractivity contribution < 1.29 is 0 Å². The molecule has 0 saturated carbocycles. The van der Waals surface area contributed by atoms with E-state index in [-0.39, 0.29) is 0 Å². The van der Waals surface area contributed by atoms with Gasteiger partial charge in [-0.25, -0.2) is 0 Å². The number of hydrogen-bond acceptors (Lipinski definition) is 2. The number of rotatable bonds is 3. The van der Waals surface area contributed by atoms with Crippen LogP contribution in [0, 0.1) is 11.3 Å². The van der Waals surface area contributed by atoms with Gasteiger partial charge in [-0.15, -0.1) is 0 Å². The fourth-order valence-electron chi connectivity index (χ4n) is 0.530. The summed E-state index contributed by atoms with van der Waals surface area (Å²) in [6, 6.07) is 2.16. The summed E-state index contributed by atoms with van der Waals surface area (Å²) in [5, 5.41) is 11.6. The van der Waals surface area contributed by atoms with E-state index in [1.54, 1.807) is 7.05 Å². The van der Waals surface area contributed by atoms with Gasteiger partial charge >= 0.3 is 0 Å². The average Bonchev–Trinajstić information content (AvgIpc) is 2.00. The number of allylic oxidation sites excluding steroid dienone is 1. The normalized spacial score (nSPS) is 16.6. The minimum Gasteiger partial charge on any atom is -0.299 e. The molecule has 0 aliphatic rings. The second-order valence-electron chi connectivity index (χ2n) is 2.37. The molecule has 10 heavy (non-hydrogen) atoms. The fourth-order valence-corrected chi connectivity index (χ4v) is 0.530. The van der Waals surface area contributed by atoms with Crippen LogP contribution in [0.25, 0.3) is 0 Å². The van der Waals surface area contributed by atoms with Gasteiger partial charge in [0.15, 0.2) is 0 Å². The van der Waals surface area contributed by atoms with E-state index in [0.29, 0.717) is 0 Å². The van der Waals surface area contributed by atoms with Gasteiger partial charge in [0.25, 0.3) is 0 Å². The molecular weight excluding hydrogens is 124 g/mol. The van der Waals surface area contributed by atoms with E-state index in [0.717, 1.165) is 6.42 Å². The first-order chi connectivity index (χ1) is 4.68. The lowest BCUT2D eigenvalue weighted by Crippen LogP contribution is -2.35. The summed E-state index contributed by atoms with van der Waals surface area (Å²) in [4.78, 5) is 0. The van der Waals surface area contributed by atoms with Crippen LogP contribution in [0.2, 0.25) is 0 Å². The lowest BCUT2D eigenvalue weighted by Gasteiger charge is -2.14. The van der Waals surface area contributed by atoms with E-state index >= 15 is 0 Å². The van der Waals surface area contributed by atoms with E-state index in [1.165, 1.54) is 0 Å². The minimum absolute atomic E-state index is 0.490. The predicted octanol–water partition coefficient (Wildman–Crippen LogP) is 1.45. The van der Waals surface area contributed by atoms with E-state index < -0.39 is 5.54 Å². The number of nitrogens with zero attached hydrogens (tertiary/aromatic N) is 1. The van der Waals surface area contributed by atoms with Crippen LogP contribution < -0.4 is 5.32 Å². The van der Waals surface area contributed by atoms with E-state index in [9.17, 15) is 0 Å². The fraction of sp³-hybridized carbons (Fsp3) is 0.625. The Bertz CT molecular complexity index is 155. The van der Waals surface area contributed by atoms with Gasteiger partial charge in [0, 0.05) is 0 Å². The summed E-state index contributed by atoms with van der Waals surface area (Å²) in [6.45, 7) is 3.89. The number of hydrogen-bond donors (Lipinski definition) is 1. The molecule has 0 aromatic carbocycles. The highest BCUT2D eigenvalue weighted by molar-refractivity contribution is 5.16. The van der Waals surface area contributed by atoms with Gasteiger partial charge in [-0.2, -0.15) is 5.26 Å². The molecule has 56 valence electrons. The second-order valence-corrected chi connectivity index (χ2v) is 2.37. The maximum atomic E-state index is 8.65. The molecule has 1 atom stereocenters. The first-order valence-corrected chi connectivity index (χ1v) is 3.46. The maximum Gasteiger partial charge on any atom is 0.122 e. The van der Waals surface area contributed by atoms with E-state index in [2.05, 4.69) is 11.4 Å². The van der Waals surface area contributed by atoms with Crippen LogP contribution in [0.5, 0.6) is 0 Å². The van der Waals surface area contributed by atoms with Crippen molar-refractivity contribution in [3.05, 3.63) is 12.2 Å². The standard InChI is InChI=1S/C8H14N2/c1-4-5-6-8(2,7-9)10-3/h5-6,10H,4H2,1-3H3/b6-5-. The SMILES string of the molecule is CC/C=C\C(C)(C#N)NC. The molecule has 0 radical (unpaired) electrons. The summed E-state index contributed by atoms with van der Waals surface area (Å²) < 4.78 is 0. The van der Waals surface area contributed by atoms with Crippen molar-refractivity contribution in [1.29, 1.82) is 5.26 Å². The molecule has 0 saturated heterocycles. The Balaban J connectivity index is 4.09. The van der Waals surface area contributed by atoms with Crippen LogP contribution in [-0.4, -0.2) is 12.6 Å². The van der Waals surface area contributed by atoms with Gasteiger partial charge in [-0.05, 0) is 20.4 Å². The van der Waals surface area contributed by atoms with Crippen LogP contribution in [0.3, 0.4) is 0 Å². The second kappa shape index (κ2) is 4.08.